The predicted octanol–water partition coefficient (Wildman–Crippen LogP) is 1.83. The molecule has 1 heterocycles. The number of hydrogen-bond acceptors (Lipinski definition) is 7. The zero-order chi connectivity index (χ0) is 25.4. The SMILES string of the molecule is CC(C)CN(C[C@@H](O)[C@H](Cc1ccccc1)NC(=O)[C@@H]1CCNC1)S(=O)(=O)c1ccc(NO)cc1. The average molecular weight is 505 g/mol. The highest BCUT2D eigenvalue weighted by molar-refractivity contribution is 7.89. The van der Waals surface area contributed by atoms with E-state index >= 15 is 0 Å². The Kier molecular flexibility index (Phi) is 9.64. The van der Waals surface area contributed by atoms with Crippen LogP contribution in [0.2, 0.25) is 0 Å². The Labute approximate surface area is 207 Å². The van der Waals surface area contributed by atoms with Crippen LogP contribution < -0.4 is 16.1 Å². The van der Waals surface area contributed by atoms with Gasteiger partial charge in [0.05, 0.1) is 28.6 Å². The Hall–Kier alpha value is -2.50. The summed E-state index contributed by atoms with van der Waals surface area (Å²) < 4.78 is 28.2. The topological polar surface area (TPSA) is 131 Å². The fourth-order valence-electron chi connectivity index (χ4n) is 4.19. The maximum absolute atomic E-state index is 13.5. The highest BCUT2D eigenvalue weighted by Gasteiger charge is 2.33. The van der Waals surface area contributed by atoms with Gasteiger partial charge in [-0.2, -0.15) is 4.31 Å². The zero-order valence-corrected chi connectivity index (χ0v) is 21.0. The van der Waals surface area contributed by atoms with Crippen molar-refractivity contribution in [3.8, 4) is 0 Å². The van der Waals surface area contributed by atoms with E-state index in [1.165, 1.54) is 28.6 Å². The Morgan fingerprint density at radius 1 is 1.11 bits per heavy atom. The van der Waals surface area contributed by atoms with Crippen molar-refractivity contribution in [3.63, 3.8) is 0 Å². The number of hydrogen-bond donors (Lipinski definition) is 5. The highest BCUT2D eigenvalue weighted by atomic mass is 32.2. The molecular formula is C25H36N4O5S. The Bertz CT molecular complexity index is 1040. The second-order valence-corrected chi connectivity index (χ2v) is 11.4. The standard InChI is InChI=1S/C25H36N4O5S/c1-18(2)16-29(35(33,34)22-10-8-21(28-32)9-11-22)17-24(30)23(14-19-6-4-3-5-7-19)27-25(31)20-12-13-26-15-20/h3-11,18,20,23-24,26,28,30,32H,12-17H2,1-2H3,(H,27,31)/t20-,23+,24-/m1/s1. The van der Waals surface area contributed by atoms with Crippen LogP contribution in [0.25, 0.3) is 0 Å². The van der Waals surface area contributed by atoms with Gasteiger partial charge >= 0.3 is 0 Å². The molecule has 0 aromatic heterocycles. The van der Waals surface area contributed by atoms with E-state index in [0.29, 0.717) is 18.7 Å². The van der Waals surface area contributed by atoms with Gasteiger partial charge in [-0.05, 0) is 55.1 Å². The number of aliphatic hydroxyl groups is 1. The summed E-state index contributed by atoms with van der Waals surface area (Å²) in [5.74, 6) is -0.294. The first kappa shape index (κ1) is 27.1. The van der Waals surface area contributed by atoms with E-state index in [0.717, 1.165) is 18.5 Å². The molecule has 35 heavy (non-hydrogen) atoms. The third kappa shape index (κ3) is 7.49. The maximum Gasteiger partial charge on any atom is 0.243 e. The third-order valence-electron chi connectivity index (χ3n) is 6.10. The molecule has 0 spiro atoms. The van der Waals surface area contributed by atoms with Gasteiger partial charge in [0, 0.05) is 19.6 Å². The van der Waals surface area contributed by atoms with Crippen molar-refractivity contribution in [3.05, 3.63) is 60.2 Å². The number of aliphatic hydroxyl groups excluding tert-OH is 1. The lowest BCUT2D eigenvalue weighted by atomic mass is 9.99. The summed E-state index contributed by atoms with van der Waals surface area (Å²) in [5, 5.41) is 26.4. The summed E-state index contributed by atoms with van der Waals surface area (Å²) in [6.07, 6.45) is -0.0206. The molecule has 192 valence electrons. The van der Waals surface area contributed by atoms with Crippen LogP contribution in [0.1, 0.15) is 25.8 Å². The van der Waals surface area contributed by atoms with Crippen molar-refractivity contribution in [2.24, 2.45) is 11.8 Å². The number of anilines is 1. The molecule has 2 aromatic carbocycles. The van der Waals surface area contributed by atoms with Gasteiger partial charge in [-0.25, -0.2) is 8.42 Å². The van der Waals surface area contributed by atoms with Crippen LogP contribution in [0.5, 0.6) is 0 Å². The second-order valence-electron chi connectivity index (χ2n) is 9.41. The lowest BCUT2D eigenvalue weighted by Crippen LogP contribution is -2.52. The van der Waals surface area contributed by atoms with E-state index in [9.17, 15) is 18.3 Å². The van der Waals surface area contributed by atoms with Crippen LogP contribution in [0.4, 0.5) is 5.69 Å². The van der Waals surface area contributed by atoms with E-state index in [1.54, 1.807) is 0 Å². The second kappa shape index (κ2) is 12.5. The molecule has 0 aliphatic carbocycles. The molecule has 1 amide bonds. The van der Waals surface area contributed by atoms with E-state index in [-0.39, 0.29) is 35.7 Å². The van der Waals surface area contributed by atoms with Gasteiger partial charge in [-0.3, -0.25) is 15.5 Å². The lowest BCUT2D eigenvalue weighted by Gasteiger charge is -2.31. The van der Waals surface area contributed by atoms with E-state index < -0.39 is 22.2 Å². The summed E-state index contributed by atoms with van der Waals surface area (Å²) in [4.78, 5) is 12.9. The van der Waals surface area contributed by atoms with Crippen LogP contribution in [0.3, 0.4) is 0 Å². The summed E-state index contributed by atoms with van der Waals surface area (Å²) >= 11 is 0. The number of rotatable bonds is 12. The van der Waals surface area contributed by atoms with E-state index in [2.05, 4.69) is 10.6 Å². The van der Waals surface area contributed by atoms with Crippen molar-refractivity contribution in [1.82, 2.24) is 14.9 Å². The summed E-state index contributed by atoms with van der Waals surface area (Å²) in [7, 11) is -3.93. The monoisotopic (exact) mass is 504 g/mol. The van der Waals surface area contributed by atoms with Crippen molar-refractivity contribution in [2.75, 3.05) is 31.7 Å². The fourth-order valence-corrected chi connectivity index (χ4v) is 5.82. The van der Waals surface area contributed by atoms with Crippen LogP contribution in [-0.2, 0) is 21.2 Å². The number of amides is 1. The smallest absolute Gasteiger partial charge is 0.243 e. The molecule has 9 nitrogen and oxygen atoms in total. The first-order chi connectivity index (χ1) is 16.7. The van der Waals surface area contributed by atoms with Gasteiger partial charge in [0.1, 0.15) is 0 Å². The quantitative estimate of drug-likeness (QED) is 0.279. The Balaban J connectivity index is 1.83. The minimum absolute atomic E-state index is 0.0158. The molecule has 1 aliphatic heterocycles. The molecular weight excluding hydrogens is 468 g/mol. The van der Waals surface area contributed by atoms with Gasteiger partial charge in [-0.15, -0.1) is 0 Å². The molecule has 1 saturated heterocycles. The van der Waals surface area contributed by atoms with Crippen LogP contribution in [0.15, 0.2) is 59.5 Å². The number of benzene rings is 2. The molecule has 2 aromatic rings. The summed E-state index contributed by atoms with van der Waals surface area (Å²) in [5.41, 5.74) is 3.29. The molecule has 3 rings (SSSR count). The van der Waals surface area contributed by atoms with Gasteiger partial charge in [-0.1, -0.05) is 44.2 Å². The van der Waals surface area contributed by atoms with Crippen LogP contribution in [-0.4, -0.2) is 67.3 Å². The van der Waals surface area contributed by atoms with Crippen molar-refractivity contribution in [1.29, 1.82) is 0 Å². The number of carbonyl (C=O) groups is 1. The van der Waals surface area contributed by atoms with Gasteiger partial charge in [0.15, 0.2) is 0 Å². The minimum atomic E-state index is -3.93. The number of nitrogens with one attached hydrogen (secondary N) is 3. The first-order valence-corrected chi connectivity index (χ1v) is 13.4. The fraction of sp³-hybridized carbons (Fsp3) is 0.480. The molecule has 1 aliphatic rings. The zero-order valence-electron chi connectivity index (χ0n) is 20.2. The molecule has 0 radical (unpaired) electrons. The molecule has 1 fully saturated rings. The molecule has 0 bridgehead atoms. The van der Waals surface area contributed by atoms with Crippen LogP contribution in [0, 0.1) is 11.8 Å². The third-order valence-corrected chi connectivity index (χ3v) is 7.95. The molecule has 5 N–H and O–H groups in total. The molecule has 3 atom stereocenters. The number of carbonyl (C=O) groups excluding carboxylic acids is 1. The van der Waals surface area contributed by atoms with Gasteiger partial charge < -0.3 is 15.7 Å². The lowest BCUT2D eigenvalue weighted by molar-refractivity contribution is -0.126. The van der Waals surface area contributed by atoms with E-state index in [1.807, 2.05) is 49.7 Å². The first-order valence-electron chi connectivity index (χ1n) is 11.9. The number of nitrogens with zero attached hydrogens (tertiary/aromatic N) is 1. The predicted molar refractivity (Wildman–Crippen MR) is 135 cm³/mol. The largest absolute Gasteiger partial charge is 0.390 e. The molecule has 0 saturated carbocycles. The minimum Gasteiger partial charge on any atom is -0.390 e. The van der Waals surface area contributed by atoms with E-state index in [4.69, 9.17) is 5.21 Å². The normalized spacial score (nSPS) is 17.9. The highest BCUT2D eigenvalue weighted by Crippen LogP contribution is 2.21. The number of sulfonamides is 1. The summed E-state index contributed by atoms with van der Waals surface area (Å²) in [6, 6.07) is 14.6. The average Bonchev–Trinajstić information content (AvgIpc) is 3.39. The summed E-state index contributed by atoms with van der Waals surface area (Å²) in [6.45, 7) is 5.22. The Morgan fingerprint density at radius 2 is 1.80 bits per heavy atom. The van der Waals surface area contributed by atoms with Gasteiger partial charge in [0.2, 0.25) is 15.9 Å². The van der Waals surface area contributed by atoms with Crippen molar-refractivity contribution >= 4 is 21.6 Å². The van der Waals surface area contributed by atoms with Crippen molar-refractivity contribution < 1.29 is 23.5 Å². The maximum atomic E-state index is 13.5. The molecule has 0 unspecified atom stereocenters. The van der Waals surface area contributed by atoms with Gasteiger partial charge in [0.25, 0.3) is 0 Å². The van der Waals surface area contributed by atoms with Crippen LogP contribution >= 0.6 is 0 Å². The molecule has 10 heteroatoms. The van der Waals surface area contributed by atoms with Crippen molar-refractivity contribution in [2.45, 2.75) is 43.7 Å². The Morgan fingerprint density at radius 3 is 2.37 bits per heavy atom.